The number of carbonyl (C=O) groups excluding carboxylic acids is 1. The minimum Gasteiger partial charge on any atom is -0.496 e. The predicted molar refractivity (Wildman–Crippen MR) is 239 cm³/mol. The Morgan fingerprint density at radius 1 is 0.516 bits per heavy atom. The number of nitrogens with two attached hydrogens (primary N) is 1. The van der Waals surface area contributed by atoms with Crippen LogP contribution in [-0.4, -0.2) is 34.3 Å². The second-order valence-electron chi connectivity index (χ2n) is 14.0. The van der Waals surface area contributed by atoms with E-state index in [2.05, 4.69) is 16.3 Å². The molecule has 7 rings (SSSR count). The van der Waals surface area contributed by atoms with Crippen LogP contribution in [0.25, 0.3) is 10.8 Å². The van der Waals surface area contributed by atoms with Crippen LogP contribution < -0.4 is 45.9 Å². The predicted octanol–water partition coefficient (Wildman–Crippen LogP) is 9.77. The molecule has 13 nitrogen and oxygen atoms in total. The Bertz CT molecular complexity index is 2580. The van der Waals surface area contributed by atoms with E-state index < -0.39 is 12.0 Å². The van der Waals surface area contributed by atoms with E-state index in [0.717, 1.165) is 27.5 Å². The minimum absolute atomic E-state index is 0.234. The summed E-state index contributed by atoms with van der Waals surface area (Å²) in [5, 5.41) is 4.55. The maximum atomic E-state index is 14.4. The van der Waals surface area contributed by atoms with Gasteiger partial charge in [0.1, 0.15) is 52.8 Å². The summed E-state index contributed by atoms with van der Waals surface area (Å²) in [7, 11) is 6.17. The molecule has 0 saturated heterocycles. The number of hydrogen-bond donors (Lipinski definition) is 4. The second kappa shape index (κ2) is 20.8. The quantitative estimate of drug-likeness (QED) is 0.0541. The molecule has 13 heteroatoms. The molecule has 5 N–H and O–H groups in total. The SMILES string of the molecule is COc1cc(NC(=O)c2cc3cc(C(ON)c4cc(OC)c(NOCc5ccccc5)cc4OC)ccc3cc2OCc2ccccc2)c(OC)cc1NOCc1ccccc1. The average molecular weight is 837 g/mol. The Balaban J connectivity index is 1.19. The number of anilines is 3. The molecule has 318 valence electrons. The van der Waals surface area contributed by atoms with E-state index in [1.54, 1.807) is 44.6 Å². The molecule has 1 amide bonds. The van der Waals surface area contributed by atoms with Crippen LogP contribution in [0.4, 0.5) is 17.1 Å². The molecular formula is C49H48N4O9. The zero-order valence-electron chi connectivity index (χ0n) is 34.8. The minimum atomic E-state index is -0.797. The van der Waals surface area contributed by atoms with E-state index in [1.165, 1.54) is 14.2 Å². The Hall–Kier alpha value is -7.29. The maximum absolute atomic E-state index is 14.4. The number of benzene rings is 7. The molecule has 0 spiro atoms. The first-order valence-corrected chi connectivity index (χ1v) is 19.7. The number of hydrogen-bond acceptors (Lipinski definition) is 12. The van der Waals surface area contributed by atoms with Crippen LogP contribution in [0.2, 0.25) is 0 Å². The summed E-state index contributed by atoms with van der Waals surface area (Å²) in [5.41, 5.74) is 11.8. The van der Waals surface area contributed by atoms with Gasteiger partial charge in [-0.15, -0.1) is 0 Å². The van der Waals surface area contributed by atoms with Crippen LogP contribution in [-0.2, 0) is 34.3 Å². The van der Waals surface area contributed by atoms with Gasteiger partial charge in [-0.2, -0.15) is 0 Å². The monoisotopic (exact) mass is 836 g/mol. The summed E-state index contributed by atoms with van der Waals surface area (Å²) >= 11 is 0. The molecule has 0 fully saturated rings. The van der Waals surface area contributed by atoms with Gasteiger partial charge in [-0.25, -0.2) is 5.90 Å². The molecular weight excluding hydrogens is 789 g/mol. The molecule has 0 bridgehead atoms. The van der Waals surface area contributed by atoms with Gasteiger partial charge in [-0.3, -0.25) is 30.3 Å². The third-order valence-electron chi connectivity index (χ3n) is 10.0. The molecule has 0 aliphatic carbocycles. The smallest absolute Gasteiger partial charge is 0.259 e. The maximum Gasteiger partial charge on any atom is 0.259 e. The third-order valence-corrected chi connectivity index (χ3v) is 10.0. The van der Waals surface area contributed by atoms with E-state index in [0.29, 0.717) is 70.2 Å². The van der Waals surface area contributed by atoms with Crippen LogP contribution in [0.5, 0.6) is 28.7 Å². The molecule has 0 heterocycles. The number of ether oxygens (including phenoxy) is 5. The topological polar surface area (TPSA) is 153 Å². The van der Waals surface area contributed by atoms with Gasteiger partial charge in [0.2, 0.25) is 0 Å². The van der Waals surface area contributed by atoms with Gasteiger partial charge in [-0.1, -0.05) is 103 Å². The largest absolute Gasteiger partial charge is 0.496 e. The van der Waals surface area contributed by atoms with Crippen molar-refractivity contribution in [3.63, 3.8) is 0 Å². The second-order valence-corrected chi connectivity index (χ2v) is 14.0. The number of methoxy groups -OCH3 is 4. The van der Waals surface area contributed by atoms with Gasteiger partial charge in [0.15, 0.2) is 0 Å². The lowest BCUT2D eigenvalue weighted by Gasteiger charge is -2.22. The summed E-state index contributed by atoms with van der Waals surface area (Å²) in [5.74, 6) is 7.69. The normalized spacial score (nSPS) is 11.4. The van der Waals surface area contributed by atoms with Crippen molar-refractivity contribution in [1.82, 2.24) is 0 Å². The van der Waals surface area contributed by atoms with Gasteiger partial charge >= 0.3 is 0 Å². The fourth-order valence-corrected chi connectivity index (χ4v) is 6.84. The molecule has 0 radical (unpaired) electrons. The van der Waals surface area contributed by atoms with E-state index in [-0.39, 0.29) is 12.2 Å². The lowest BCUT2D eigenvalue weighted by atomic mass is 9.96. The fourth-order valence-electron chi connectivity index (χ4n) is 6.84. The van der Waals surface area contributed by atoms with Crippen LogP contribution >= 0.6 is 0 Å². The number of fused-ring (bicyclic) bond motifs is 1. The number of carbonyl (C=O) groups is 1. The van der Waals surface area contributed by atoms with Crippen LogP contribution in [0, 0.1) is 0 Å². The summed E-state index contributed by atoms with van der Waals surface area (Å²) in [6.45, 7) is 0.877. The van der Waals surface area contributed by atoms with Crippen LogP contribution in [0.3, 0.4) is 0 Å². The number of rotatable bonds is 20. The highest BCUT2D eigenvalue weighted by Crippen LogP contribution is 2.41. The summed E-state index contributed by atoms with van der Waals surface area (Å²) in [6, 6.07) is 45.5. The molecule has 0 aliphatic rings. The van der Waals surface area contributed by atoms with Crippen molar-refractivity contribution in [3.8, 4) is 28.7 Å². The van der Waals surface area contributed by atoms with E-state index in [4.69, 9.17) is 44.1 Å². The van der Waals surface area contributed by atoms with Crippen molar-refractivity contribution in [2.75, 3.05) is 44.7 Å². The number of amides is 1. The van der Waals surface area contributed by atoms with Crippen LogP contribution in [0.1, 0.15) is 44.3 Å². The third kappa shape index (κ3) is 10.3. The van der Waals surface area contributed by atoms with Crippen molar-refractivity contribution >= 4 is 33.7 Å². The Labute approximate surface area is 360 Å². The molecule has 62 heavy (non-hydrogen) atoms. The first kappa shape index (κ1) is 42.8. The summed E-state index contributed by atoms with van der Waals surface area (Å²) in [4.78, 5) is 31.6. The van der Waals surface area contributed by atoms with E-state index >= 15 is 0 Å². The molecule has 7 aromatic rings. The summed E-state index contributed by atoms with van der Waals surface area (Å²) in [6.07, 6.45) is -0.797. The van der Waals surface area contributed by atoms with Crippen molar-refractivity contribution < 1.29 is 43.0 Å². The highest BCUT2D eigenvalue weighted by atomic mass is 16.6. The lowest BCUT2D eigenvalue weighted by Crippen LogP contribution is -2.15. The Morgan fingerprint density at radius 2 is 1.02 bits per heavy atom. The van der Waals surface area contributed by atoms with Gasteiger partial charge in [0, 0.05) is 23.8 Å². The standard InChI is InChI=1S/C49H48N4O9/c1-55-43-27-41(52-60-30-33-16-10-6-11-17-33)45(56-2)25-38(43)48(62-50)36-21-20-35-24-44(59-29-32-14-8-5-9-15-32)39(23-37(35)22-36)49(54)51-40-26-47(58-4)42(28-46(40)57-3)53-61-31-34-18-12-7-13-19-34/h5-28,48,52-53H,29-31,50H2,1-4H3,(H,51,54). The summed E-state index contributed by atoms with van der Waals surface area (Å²) < 4.78 is 29.3. The van der Waals surface area contributed by atoms with Gasteiger partial charge in [0.25, 0.3) is 5.91 Å². The van der Waals surface area contributed by atoms with Crippen molar-refractivity contribution in [3.05, 3.63) is 179 Å². The number of nitrogens with one attached hydrogen (secondary N) is 3. The zero-order chi connectivity index (χ0) is 43.3. The Morgan fingerprint density at radius 3 is 1.56 bits per heavy atom. The first-order valence-electron chi connectivity index (χ1n) is 19.7. The highest BCUT2D eigenvalue weighted by molar-refractivity contribution is 6.09. The molecule has 1 atom stereocenters. The Kier molecular flexibility index (Phi) is 14.4. The van der Waals surface area contributed by atoms with Crippen LogP contribution in [0.15, 0.2) is 146 Å². The van der Waals surface area contributed by atoms with E-state index in [9.17, 15) is 4.79 Å². The van der Waals surface area contributed by atoms with Gasteiger partial charge < -0.3 is 29.0 Å². The zero-order valence-corrected chi connectivity index (χ0v) is 34.8. The van der Waals surface area contributed by atoms with Gasteiger partial charge in [0.05, 0.1) is 52.9 Å². The molecule has 0 aromatic heterocycles. The molecule has 0 saturated carbocycles. The molecule has 1 unspecified atom stereocenters. The van der Waals surface area contributed by atoms with Crippen molar-refractivity contribution in [2.24, 2.45) is 5.90 Å². The fraction of sp³-hybridized carbons (Fsp3) is 0.163. The van der Waals surface area contributed by atoms with E-state index in [1.807, 2.05) is 115 Å². The van der Waals surface area contributed by atoms with Crippen molar-refractivity contribution in [1.29, 1.82) is 0 Å². The van der Waals surface area contributed by atoms with Gasteiger partial charge in [-0.05, 0) is 57.3 Å². The molecule has 7 aromatic carbocycles. The van der Waals surface area contributed by atoms with Crippen molar-refractivity contribution in [2.45, 2.75) is 25.9 Å². The first-order chi connectivity index (χ1) is 30.4. The molecule has 0 aliphatic heterocycles. The lowest BCUT2D eigenvalue weighted by molar-refractivity contribution is 0.0794. The highest BCUT2D eigenvalue weighted by Gasteiger charge is 2.24. The average Bonchev–Trinajstić information content (AvgIpc) is 3.32.